The van der Waals surface area contributed by atoms with Crippen molar-refractivity contribution in [3.05, 3.63) is 75.8 Å². The minimum absolute atomic E-state index is 0.0704. The van der Waals surface area contributed by atoms with Crippen molar-refractivity contribution in [2.75, 3.05) is 12.8 Å². The van der Waals surface area contributed by atoms with Crippen molar-refractivity contribution in [2.45, 2.75) is 19.2 Å². The summed E-state index contributed by atoms with van der Waals surface area (Å²) in [5.74, 6) is 1.34. The summed E-state index contributed by atoms with van der Waals surface area (Å²) in [5.41, 5.74) is 2.28. The van der Waals surface area contributed by atoms with Crippen LogP contribution in [-0.4, -0.2) is 33.6 Å². The third-order valence-corrected chi connectivity index (χ3v) is 4.81. The molecule has 1 N–H and O–H groups in total. The number of fused-ring (bicyclic) bond motifs is 1. The van der Waals surface area contributed by atoms with Crippen LogP contribution in [0.2, 0.25) is 0 Å². The van der Waals surface area contributed by atoms with Gasteiger partial charge in [0.25, 0.3) is 11.5 Å². The zero-order valence-electron chi connectivity index (χ0n) is 14.9. The van der Waals surface area contributed by atoms with Crippen LogP contribution in [-0.2, 0) is 12.3 Å². The van der Waals surface area contributed by atoms with Crippen LogP contribution >= 0.6 is 11.8 Å². The smallest absolute Gasteiger partial charge is 0.258 e. The molecule has 26 heavy (non-hydrogen) atoms. The Hall–Kier alpha value is -2.60. The highest BCUT2D eigenvalue weighted by molar-refractivity contribution is 7.97. The molecule has 0 fully saturated rings. The number of thioether (sulfide) groups is 1. The van der Waals surface area contributed by atoms with Gasteiger partial charge in [-0.2, -0.15) is 11.8 Å². The lowest BCUT2D eigenvalue weighted by atomic mass is 10.1. The van der Waals surface area contributed by atoms with E-state index in [4.69, 9.17) is 0 Å². The van der Waals surface area contributed by atoms with E-state index in [0.717, 1.165) is 5.75 Å². The molecular formula is C20H21N3O2S. The number of hydrogen-bond donors (Lipinski definition) is 1. The summed E-state index contributed by atoms with van der Waals surface area (Å²) in [4.78, 5) is 34.0. The van der Waals surface area contributed by atoms with Gasteiger partial charge in [0.1, 0.15) is 5.82 Å². The molecule has 0 radical (unpaired) electrons. The number of rotatable bonds is 6. The van der Waals surface area contributed by atoms with E-state index in [9.17, 15) is 9.59 Å². The lowest BCUT2D eigenvalue weighted by Gasteiger charge is -2.20. The summed E-state index contributed by atoms with van der Waals surface area (Å²) >= 11 is 1.75. The molecule has 0 saturated carbocycles. The summed E-state index contributed by atoms with van der Waals surface area (Å²) in [6.45, 7) is 2.71. The molecule has 2 aromatic carbocycles. The molecule has 0 aliphatic carbocycles. The number of amides is 1. The van der Waals surface area contributed by atoms with Crippen molar-refractivity contribution in [3.8, 4) is 0 Å². The monoisotopic (exact) mass is 367 g/mol. The Kier molecular flexibility index (Phi) is 5.73. The van der Waals surface area contributed by atoms with E-state index in [2.05, 4.69) is 16.2 Å². The average Bonchev–Trinajstić information content (AvgIpc) is 2.66. The first-order chi connectivity index (χ1) is 12.6. The quantitative estimate of drug-likeness (QED) is 0.725. The number of nitrogens with zero attached hydrogens (tertiary/aromatic N) is 2. The van der Waals surface area contributed by atoms with Crippen molar-refractivity contribution in [3.63, 3.8) is 0 Å². The largest absolute Gasteiger partial charge is 0.331 e. The summed E-state index contributed by atoms with van der Waals surface area (Å²) in [7, 11) is 0. The number of para-hydroxylation sites is 1. The van der Waals surface area contributed by atoms with Crippen LogP contribution in [0.25, 0.3) is 10.9 Å². The molecule has 0 aliphatic rings. The van der Waals surface area contributed by atoms with Crippen LogP contribution < -0.4 is 5.56 Å². The van der Waals surface area contributed by atoms with Gasteiger partial charge in [0.2, 0.25) is 0 Å². The maximum absolute atomic E-state index is 12.8. The van der Waals surface area contributed by atoms with Crippen LogP contribution in [0.1, 0.15) is 28.7 Å². The summed E-state index contributed by atoms with van der Waals surface area (Å²) in [5, 5.41) is 0.551. The highest BCUT2D eigenvalue weighted by Gasteiger charge is 2.16. The average molecular weight is 367 g/mol. The van der Waals surface area contributed by atoms with Crippen molar-refractivity contribution < 1.29 is 4.79 Å². The number of carbonyl (C=O) groups is 1. The fourth-order valence-corrected chi connectivity index (χ4v) is 3.34. The Balaban J connectivity index is 1.82. The number of nitrogens with one attached hydrogen (secondary N) is 1. The predicted molar refractivity (Wildman–Crippen MR) is 106 cm³/mol. The van der Waals surface area contributed by atoms with Gasteiger partial charge in [-0.15, -0.1) is 0 Å². The molecule has 134 valence electrons. The SMILES string of the molecule is CCN(Cc1nc2ccccc2c(=O)[nH]1)C(=O)c1ccc(CSC)cc1. The van der Waals surface area contributed by atoms with E-state index >= 15 is 0 Å². The maximum Gasteiger partial charge on any atom is 0.258 e. The van der Waals surface area contributed by atoms with Crippen LogP contribution in [0.5, 0.6) is 0 Å². The van der Waals surface area contributed by atoms with Gasteiger partial charge >= 0.3 is 0 Å². The fourth-order valence-electron chi connectivity index (χ4n) is 2.81. The van der Waals surface area contributed by atoms with E-state index in [1.165, 1.54) is 5.56 Å². The molecular weight excluding hydrogens is 346 g/mol. The van der Waals surface area contributed by atoms with E-state index < -0.39 is 0 Å². The second kappa shape index (κ2) is 8.19. The van der Waals surface area contributed by atoms with Gasteiger partial charge in [0.05, 0.1) is 17.4 Å². The van der Waals surface area contributed by atoms with Gasteiger partial charge < -0.3 is 9.88 Å². The third kappa shape index (κ3) is 3.96. The van der Waals surface area contributed by atoms with Gasteiger partial charge in [-0.25, -0.2) is 4.98 Å². The minimum atomic E-state index is -0.185. The summed E-state index contributed by atoms with van der Waals surface area (Å²) in [6.07, 6.45) is 2.05. The van der Waals surface area contributed by atoms with Crippen LogP contribution in [0.3, 0.4) is 0 Å². The van der Waals surface area contributed by atoms with Crippen LogP contribution in [0.4, 0.5) is 0 Å². The van der Waals surface area contributed by atoms with E-state index in [0.29, 0.717) is 28.8 Å². The number of benzene rings is 2. The zero-order valence-corrected chi connectivity index (χ0v) is 15.7. The molecule has 1 amide bonds. The second-order valence-electron chi connectivity index (χ2n) is 5.98. The molecule has 3 aromatic rings. The highest BCUT2D eigenvalue weighted by atomic mass is 32.2. The topological polar surface area (TPSA) is 66.1 Å². The van der Waals surface area contributed by atoms with Crippen molar-refractivity contribution >= 4 is 28.6 Å². The van der Waals surface area contributed by atoms with Crippen molar-refractivity contribution in [1.29, 1.82) is 0 Å². The highest BCUT2D eigenvalue weighted by Crippen LogP contribution is 2.14. The molecule has 1 aromatic heterocycles. The predicted octanol–water partition coefficient (Wildman–Crippen LogP) is 3.45. The molecule has 0 atom stereocenters. The van der Waals surface area contributed by atoms with Gasteiger partial charge in [0.15, 0.2) is 0 Å². The Labute approximate surface area is 156 Å². The Morgan fingerprint density at radius 2 is 1.88 bits per heavy atom. The first-order valence-corrected chi connectivity index (χ1v) is 9.87. The van der Waals surface area contributed by atoms with E-state index in [1.807, 2.05) is 43.3 Å². The molecule has 0 spiro atoms. The molecule has 0 bridgehead atoms. The lowest BCUT2D eigenvalue weighted by molar-refractivity contribution is 0.0748. The fraction of sp³-hybridized carbons (Fsp3) is 0.250. The standard InChI is InChI=1S/C20H21N3O2S/c1-3-23(20(25)15-10-8-14(9-11-15)13-26-2)12-18-21-17-7-5-4-6-16(17)19(24)22-18/h4-11H,3,12-13H2,1-2H3,(H,21,22,24). The first-order valence-electron chi connectivity index (χ1n) is 8.47. The lowest BCUT2D eigenvalue weighted by Crippen LogP contribution is -2.32. The number of aromatic amines is 1. The first kappa shape index (κ1) is 18.2. The van der Waals surface area contributed by atoms with Gasteiger partial charge in [-0.05, 0) is 43.0 Å². The molecule has 0 aliphatic heterocycles. The van der Waals surface area contributed by atoms with Gasteiger partial charge in [-0.1, -0.05) is 24.3 Å². The maximum atomic E-state index is 12.8. The van der Waals surface area contributed by atoms with Gasteiger partial charge in [-0.3, -0.25) is 9.59 Å². The van der Waals surface area contributed by atoms with Crippen LogP contribution in [0.15, 0.2) is 53.3 Å². The molecule has 0 saturated heterocycles. The Morgan fingerprint density at radius 1 is 1.15 bits per heavy atom. The van der Waals surface area contributed by atoms with Crippen molar-refractivity contribution in [1.82, 2.24) is 14.9 Å². The van der Waals surface area contributed by atoms with E-state index in [1.54, 1.807) is 28.8 Å². The van der Waals surface area contributed by atoms with Gasteiger partial charge in [0, 0.05) is 17.9 Å². The van der Waals surface area contributed by atoms with Crippen molar-refractivity contribution in [2.24, 2.45) is 0 Å². The minimum Gasteiger partial charge on any atom is -0.331 e. The normalized spacial score (nSPS) is 10.8. The third-order valence-electron chi connectivity index (χ3n) is 4.18. The zero-order chi connectivity index (χ0) is 18.5. The number of carbonyl (C=O) groups excluding carboxylic acids is 1. The van der Waals surface area contributed by atoms with E-state index in [-0.39, 0.29) is 18.0 Å². The molecule has 0 unspecified atom stereocenters. The molecule has 1 heterocycles. The molecule has 5 nitrogen and oxygen atoms in total. The molecule has 3 rings (SSSR count). The molecule has 6 heteroatoms. The number of aromatic nitrogens is 2. The van der Waals surface area contributed by atoms with Crippen LogP contribution in [0, 0.1) is 0 Å². The second-order valence-corrected chi connectivity index (χ2v) is 6.85. The number of hydrogen-bond acceptors (Lipinski definition) is 4. The number of H-pyrrole nitrogens is 1. The summed E-state index contributed by atoms with van der Waals surface area (Å²) < 4.78 is 0. The summed E-state index contributed by atoms with van der Waals surface area (Å²) in [6, 6.07) is 14.9. The Morgan fingerprint density at radius 3 is 2.58 bits per heavy atom. The Bertz CT molecular complexity index is 967.